The molecule has 8 heteroatoms. The number of nitrogens with one attached hydrogen (secondary N) is 2. The highest BCUT2D eigenvalue weighted by molar-refractivity contribution is 6.12. The van der Waals surface area contributed by atoms with E-state index in [1.807, 2.05) is 13.8 Å². The standard InChI is InChI=1S/C22H23FN4O3/c1-11(2)10-27-19-18(21(29)26-22(27)30)14(9-16(24-19)13-5-6-13)20(28)25-17-8-12(3)4-7-15(17)23/h4,7-9,11,13H,5-6,10H2,1-3H3,(H,25,28)(H,26,29,30). The fourth-order valence-electron chi connectivity index (χ4n) is 3.52. The SMILES string of the molecule is Cc1ccc(F)c(NC(=O)c2cc(C3CC3)nc3c2c(=O)[nH]c(=O)n3CC(C)C)c1. The van der Waals surface area contributed by atoms with Gasteiger partial charge in [0, 0.05) is 18.2 Å². The zero-order chi connectivity index (χ0) is 21.6. The monoisotopic (exact) mass is 410 g/mol. The summed E-state index contributed by atoms with van der Waals surface area (Å²) >= 11 is 0. The largest absolute Gasteiger partial charge is 0.330 e. The van der Waals surface area contributed by atoms with Gasteiger partial charge in [-0.05, 0) is 49.4 Å². The van der Waals surface area contributed by atoms with E-state index >= 15 is 0 Å². The van der Waals surface area contributed by atoms with Gasteiger partial charge in [-0.15, -0.1) is 0 Å². The van der Waals surface area contributed by atoms with E-state index in [1.54, 1.807) is 19.1 Å². The fraction of sp³-hybridized carbons (Fsp3) is 0.364. The zero-order valence-corrected chi connectivity index (χ0v) is 17.1. The highest BCUT2D eigenvalue weighted by Gasteiger charge is 2.29. The van der Waals surface area contributed by atoms with Crippen LogP contribution in [0.5, 0.6) is 0 Å². The van der Waals surface area contributed by atoms with Gasteiger partial charge in [-0.25, -0.2) is 14.2 Å². The number of hydrogen-bond acceptors (Lipinski definition) is 4. The van der Waals surface area contributed by atoms with Gasteiger partial charge in [-0.1, -0.05) is 19.9 Å². The minimum atomic E-state index is -0.681. The fourth-order valence-corrected chi connectivity index (χ4v) is 3.52. The third-order valence-electron chi connectivity index (χ3n) is 5.13. The quantitative estimate of drug-likeness (QED) is 0.674. The van der Waals surface area contributed by atoms with E-state index in [0.29, 0.717) is 12.2 Å². The van der Waals surface area contributed by atoms with Gasteiger partial charge in [0.1, 0.15) is 5.82 Å². The van der Waals surface area contributed by atoms with Crippen LogP contribution in [0.2, 0.25) is 0 Å². The van der Waals surface area contributed by atoms with Crippen LogP contribution in [0.25, 0.3) is 11.0 Å². The summed E-state index contributed by atoms with van der Waals surface area (Å²) in [4.78, 5) is 45.1. The lowest BCUT2D eigenvalue weighted by Gasteiger charge is -2.15. The number of aromatic amines is 1. The summed E-state index contributed by atoms with van der Waals surface area (Å²) < 4.78 is 15.6. The summed E-state index contributed by atoms with van der Waals surface area (Å²) in [5.74, 6) is -0.866. The van der Waals surface area contributed by atoms with Gasteiger partial charge >= 0.3 is 5.69 Å². The highest BCUT2D eigenvalue weighted by Crippen LogP contribution is 2.40. The Bertz CT molecular complexity index is 1270. The van der Waals surface area contributed by atoms with Crippen LogP contribution in [0.1, 0.15) is 54.2 Å². The summed E-state index contributed by atoms with van der Waals surface area (Å²) in [5.41, 5.74) is 0.522. The van der Waals surface area contributed by atoms with Gasteiger partial charge < -0.3 is 5.32 Å². The van der Waals surface area contributed by atoms with Crippen LogP contribution >= 0.6 is 0 Å². The molecule has 1 fully saturated rings. The number of hydrogen-bond donors (Lipinski definition) is 2. The molecule has 30 heavy (non-hydrogen) atoms. The number of anilines is 1. The second kappa shape index (κ2) is 7.51. The number of benzene rings is 1. The average Bonchev–Trinajstić information content (AvgIpc) is 3.52. The molecule has 0 atom stereocenters. The van der Waals surface area contributed by atoms with Gasteiger partial charge in [-0.2, -0.15) is 0 Å². The Morgan fingerprint density at radius 3 is 2.70 bits per heavy atom. The van der Waals surface area contributed by atoms with Gasteiger partial charge in [0.25, 0.3) is 11.5 Å². The lowest BCUT2D eigenvalue weighted by molar-refractivity contribution is 0.102. The molecule has 0 saturated heterocycles. The van der Waals surface area contributed by atoms with E-state index in [2.05, 4.69) is 15.3 Å². The van der Waals surface area contributed by atoms with Crippen LogP contribution in [0.15, 0.2) is 33.9 Å². The molecule has 0 spiro atoms. The molecule has 1 aliphatic carbocycles. The van der Waals surface area contributed by atoms with Crippen molar-refractivity contribution in [2.45, 2.75) is 46.1 Å². The summed E-state index contributed by atoms with van der Waals surface area (Å²) in [6.07, 6.45) is 1.87. The molecule has 2 heterocycles. The summed E-state index contributed by atoms with van der Waals surface area (Å²) in [6, 6.07) is 5.99. The van der Waals surface area contributed by atoms with Crippen molar-refractivity contribution in [3.05, 3.63) is 67.7 Å². The molecule has 1 aromatic carbocycles. The van der Waals surface area contributed by atoms with Crippen molar-refractivity contribution in [2.75, 3.05) is 5.32 Å². The van der Waals surface area contributed by atoms with Crippen LogP contribution in [0.4, 0.5) is 10.1 Å². The molecule has 3 aromatic rings. The summed E-state index contributed by atoms with van der Waals surface area (Å²) in [5, 5.41) is 2.60. The van der Waals surface area contributed by atoms with Gasteiger partial charge in [0.05, 0.1) is 16.6 Å². The lowest BCUT2D eigenvalue weighted by atomic mass is 10.1. The molecule has 0 unspecified atom stereocenters. The number of halogens is 1. The van der Waals surface area contributed by atoms with Crippen molar-refractivity contribution in [1.29, 1.82) is 0 Å². The Morgan fingerprint density at radius 1 is 1.30 bits per heavy atom. The summed E-state index contributed by atoms with van der Waals surface area (Å²) in [7, 11) is 0. The lowest BCUT2D eigenvalue weighted by Crippen LogP contribution is -2.33. The molecule has 1 amide bonds. The number of carbonyl (C=O) groups is 1. The molecule has 0 radical (unpaired) electrons. The summed E-state index contributed by atoms with van der Waals surface area (Å²) in [6.45, 7) is 6.03. The van der Waals surface area contributed by atoms with Crippen molar-refractivity contribution in [3.8, 4) is 0 Å². The number of H-pyrrole nitrogens is 1. The molecule has 2 aromatic heterocycles. The van der Waals surface area contributed by atoms with Crippen molar-refractivity contribution in [2.24, 2.45) is 5.92 Å². The molecule has 1 saturated carbocycles. The molecular formula is C22H23FN4O3. The van der Waals surface area contributed by atoms with E-state index in [4.69, 9.17) is 0 Å². The Hall–Kier alpha value is -3.29. The van der Waals surface area contributed by atoms with Crippen LogP contribution in [-0.4, -0.2) is 20.4 Å². The van der Waals surface area contributed by atoms with E-state index in [1.165, 1.54) is 16.7 Å². The molecular weight excluding hydrogens is 387 g/mol. The number of nitrogens with zero attached hydrogens (tertiary/aromatic N) is 2. The van der Waals surface area contributed by atoms with Crippen LogP contribution < -0.4 is 16.6 Å². The zero-order valence-electron chi connectivity index (χ0n) is 17.1. The van der Waals surface area contributed by atoms with Crippen LogP contribution in [0.3, 0.4) is 0 Å². The first-order valence-electron chi connectivity index (χ1n) is 10.00. The predicted molar refractivity (Wildman–Crippen MR) is 113 cm³/mol. The Labute approximate surface area is 172 Å². The Balaban J connectivity index is 1.92. The molecule has 7 nitrogen and oxygen atoms in total. The minimum absolute atomic E-state index is 0.0323. The first-order chi connectivity index (χ1) is 14.2. The Kier molecular flexibility index (Phi) is 5.01. The second-order valence-corrected chi connectivity index (χ2v) is 8.27. The Morgan fingerprint density at radius 2 is 2.03 bits per heavy atom. The maximum atomic E-state index is 14.2. The normalized spacial score (nSPS) is 13.8. The predicted octanol–water partition coefficient (Wildman–Crippen LogP) is 3.32. The molecule has 0 aliphatic heterocycles. The number of aromatic nitrogens is 3. The number of carbonyl (C=O) groups excluding carboxylic acids is 1. The van der Waals surface area contributed by atoms with Gasteiger partial charge in [0.2, 0.25) is 0 Å². The van der Waals surface area contributed by atoms with Crippen molar-refractivity contribution >= 4 is 22.6 Å². The highest BCUT2D eigenvalue weighted by atomic mass is 19.1. The van der Waals surface area contributed by atoms with E-state index < -0.39 is 23.0 Å². The van der Waals surface area contributed by atoms with Crippen molar-refractivity contribution < 1.29 is 9.18 Å². The third-order valence-corrected chi connectivity index (χ3v) is 5.13. The number of rotatable bonds is 5. The first kappa shape index (κ1) is 20.0. The number of amides is 1. The van der Waals surface area contributed by atoms with Crippen molar-refractivity contribution in [1.82, 2.24) is 14.5 Å². The van der Waals surface area contributed by atoms with E-state index in [9.17, 15) is 18.8 Å². The topological polar surface area (TPSA) is 96.8 Å². The molecule has 1 aliphatic rings. The van der Waals surface area contributed by atoms with Crippen LogP contribution in [0, 0.1) is 18.7 Å². The third kappa shape index (κ3) is 3.77. The first-order valence-corrected chi connectivity index (χ1v) is 10.00. The van der Waals surface area contributed by atoms with E-state index in [-0.39, 0.29) is 34.1 Å². The van der Waals surface area contributed by atoms with Gasteiger partial charge in [0.15, 0.2) is 5.65 Å². The van der Waals surface area contributed by atoms with Gasteiger partial charge in [-0.3, -0.25) is 19.1 Å². The van der Waals surface area contributed by atoms with E-state index in [0.717, 1.165) is 18.4 Å². The maximum Gasteiger partial charge on any atom is 0.330 e. The van der Waals surface area contributed by atoms with Crippen LogP contribution in [-0.2, 0) is 6.54 Å². The minimum Gasteiger partial charge on any atom is -0.319 e. The number of aryl methyl sites for hydroxylation is 1. The average molecular weight is 410 g/mol. The molecule has 2 N–H and O–H groups in total. The molecule has 156 valence electrons. The second-order valence-electron chi connectivity index (χ2n) is 8.27. The molecule has 0 bridgehead atoms. The molecule has 4 rings (SSSR count). The smallest absolute Gasteiger partial charge is 0.319 e. The number of fused-ring (bicyclic) bond motifs is 1. The number of pyridine rings is 1. The van der Waals surface area contributed by atoms with Crippen molar-refractivity contribution in [3.63, 3.8) is 0 Å². The maximum absolute atomic E-state index is 14.2.